The Bertz CT molecular complexity index is 562. The molecule has 0 aromatic heterocycles. The monoisotopic (exact) mass is 333 g/mol. The quantitative estimate of drug-likeness (QED) is 0.863. The minimum atomic E-state index is -0.833. The molecular weight excluding hydrogens is 306 g/mol. The summed E-state index contributed by atoms with van der Waals surface area (Å²) in [4.78, 5) is 28.6. The van der Waals surface area contributed by atoms with Gasteiger partial charge < -0.3 is 15.0 Å². The highest BCUT2D eigenvalue weighted by Gasteiger charge is 2.46. The molecular formula is C18H27N3O3. The van der Waals surface area contributed by atoms with Crippen LogP contribution < -0.4 is 5.32 Å². The van der Waals surface area contributed by atoms with Gasteiger partial charge in [0, 0.05) is 19.6 Å². The van der Waals surface area contributed by atoms with Gasteiger partial charge in [-0.05, 0) is 39.4 Å². The minimum Gasteiger partial charge on any atom is -0.445 e. The van der Waals surface area contributed by atoms with E-state index >= 15 is 0 Å². The number of likely N-dealkylation sites (N-methyl/N-ethyl adjacent to an activating group) is 1. The average molecular weight is 333 g/mol. The van der Waals surface area contributed by atoms with Crippen molar-refractivity contribution in [1.82, 2.24) is 15.1 Å². The molecule has 2 rings (SSSR count). The minimum absolute atomic E-state index is 0.112. The smallest absolute Gasteiger partial charge is 0.410 e. The molecule has 1 aromatic carbocycles. The average Bonchev–Trinajstić information content (AvgIpc) is 2.96. The third-order valence-corrected chi connectivity index (χ3v) is 4.40. The number of likely N-dealkylation sites (tertiary alicyclic amines) is 1. The zero-order chi connectivity index (χ0) is 17.6. The Morgan fingerprint density at radius 1 is 1.29 bits per heavy atom. The van der Waals surface area contributed by atoms with E-state index in [-0.39, 0.29) is 12.5 Å². The molecule has 1 fully saturated rings. The lowest BCUT2D eigenvalue weighted by Crippen LogP contribution is -2.56. The number of benzene rings is 1. The van der Waals surface area contributed by atoms with Crippen molar-refractivity contribution < 1.29 is 14.3 Å². The van der Waals surface area contributed by atoms with Crippen LogP contribution in [0.2, 0.25) is 0 Å². The molecule has 2 amide bonds. The van der Waals surface area contributed by atoms with Crippen molar-refractivity contribution in [3.05, 3.63) is 35.9 Å². The first-order chi connectivity index (χ1) is 11.4. The van der Waals surface area contributed by atoms with Crippen molar-refractivity contribution in [2.45, 2.75) is 31.9 Å². The van der Waals surface area contributed by atoms with Crippen LogP contribution in [-0.2, 0) is 16.1 Å². The van der Waals surface area contributed by atoms with E-state index in [0.717, 1.165) is 18.5 Å². The summed E-state index contributed by atoms with van der Waals surface area (Å²) in [5.41, 5.74) is 0.0993. The maximum absolute atomic E-state index is 12.6. The van der Waals surface area contributed by atoms with E-state index < -0.39 is 11.6 Å². The Balaban J connectivity index is 1.92. The molecule has 6 nitrogen and oxygen atoms in total. The van der Waals surface area contributed by atoms with Gasteiger partial charge in [-0.3, -0.25) is 9.69 Å². The highest BCUT2D eigenvalue weighted by Crippen LogP contribution is 2.30. The zero-order valence-corrected chi connectivity index (χ0v) is 14.7. The molecule has 1 N–H and O–H groups in total. The Morgan fingerprint density at radius 2 is 2.00 bits per heavy atom. The Labute approximate surface area is 143 Å². The van der Waals surface area contributed by atoms with Gasteiger partial charge in [0.2, 0.25) is 5.91 Å². The standard InChI is InChI=1S/C18H27N3O3/c1-18(16(22)19-11-13-20(2)3)10-7-12-21(18)17(23)24-14-15-8-5-4-6-9-15/h4-6,8-9H,7,10-14H2,1-3H3,(H,19,22). The van der Waals surface area contributed by atoms with Crippen LogP contribution in [-0.4, -0.2) is 61.1 Å². The van der Waals surface area contributed by atoms with Crippen LogP contribution in [0.3, 0.4) is 0 Å². The Kier molecular flexibility index (Phi) is 6.20. The second kappa shape index (κ2) is 8.15. The lowest BCUT2D eigenvalue weighted by molar-refractivity contribution is -0.130. The number of rotatable bonds is 6. The SMILES string of the molecule is CN(C)CCNC(=O)C1(C)CCCN1C(=O)OCc1ccccc1. The van der Waals surface area contributed by atoms with E-state index in [4.69, 9.17) is 4.74 Å². The molecule has 0 radical (unpaired) electrons. The van der Waals surface area contributed by atoms with Crippen molar-refractivity contribution in [1.29, 1.82) is 0 Å². The summed E-state index contributed by atoms with van der Waals surface area (Å²) in [6, 6.07) is 9.54. The van der Waals surface area contributed by atoms with Gasteiger partial charge >= 0.3 is 6.09 Å². The molecule has 1 atom stereocenters. The van der Waals surface area contributed by atoms with E-state index in [2.05, 4.69) is 5.32 Å². The van der Waals surface area contributed by atoms with Gasteiger partial charge in [0.15, 0.2) is 0 Å². The predicted molar refractivity (Wildman–Crippen MR) is 92.5 cm³/mol. The van der Waals surface area contributed by atoms with Gasteiger partial charge in [-0.15, -0.1) is 0 Å². The molecule has 0 spiro atoms. The number of hydrogen-bond donors (Lipinski definition) is 1. The lowest BCUT2D eigenvalue weighted by atomic mass is 9.98. The third kappa shape index (κ3) is 4.47. The van der Waals surface area contributed by atoms with Crippen LogP contribution in [0.15, 0.2) is 30.3 Å². The molecule has 1 unspecified atom stereocenters. The van der Waals surface area contributed by atoms with Crippen LogP contribution in [0.1, 0.15) is 25.3 Å². The molecule has 6 heteroatoms. The normalized spacial score (nSPS) is 20.2. The molecule has 1 aliphatic rings. The maximum Gasteiger partial charge on any atom is 0.410 e. The second-order valence-electron chi connectivity index (χ2n) is 6.63. The summed E-state index contributed by atoms with van der Waals surface area (Å²) in [5, 5.41) is 2.93. The summed E-state index contributed by atoms with van der Waals surface area (Å²) in [6.45, 7) is 3.91. The van der Waals surface area contributed by atoms with Gasteiger partial charge in [-0.25, -0.2) is 4.79 Å². The van der Waals surface area contributed by atoms with Crippen LogP contribution in [0.4, 0.5) is 4.79 Å². The van der Waals surface area contributed by atoms with Crippen molar-refractivity contribution in [2.75, 3.05) is 33.7 Å². The fourth-order valence-corrected chi connectivity index (χ4v) is 2.87. The number of nitrogens with zero attached hydrogens (tertiary/aromatic N) is 2. The van der Waals surface area contributed by atoms with Gasteiger partial charge in [0.25, 0.3) is 0 Å². The maximum atomic E-state index is 12.6. The molecule has 1 heterocycles. The second-order valence-corrected chi connectivity index (χ2v) is 6.63. The van der Waals surface area contributed by atoms with Crippen LogP contribution in [0.5, 0.6) is 0 Å². The van der Waals surface area contributed by atoms with Gasteiger partial charge in [0.1, 0.15) is 12.1 Å². The van der Waals surface area contributed by atoms with E-state index in [1.54, 1.807) is 4.90 Å². The van der Waals surface area contributed by atoms with E-state index in [0.29, 0.717) is 19.5 Å². The summed E-state index contributed by atoms with van der Waals surface area (Å²) in [6.07, 6.45) is 1.03. The highest BCUT2D eigenvalue weighted by molar-refractivity contribution is 5.90. The van der Waals surface area contributed by atoms with Crippen molar-refractivity contribution in [3.8, 4) is 0 Å². The molecule has 1 aromatic rings. The molecule has 1 saturated heterocycles. The lowest BCUT2D eigenvalue weighted by Gasteiger charge is -2.33. The fourth-order valence-electron chi connectivity index (χ4n) is 2.87. The van der Waals surface area contributed by atoms with Gasteiger partial charge in [-0.2, -0.15) is 0 Å². The first kappa shape index (κ1) is 18.3. The molecule has 0 saturated carbocycles. The third-order valence-electron chi connectivity index (χ3n) is 4.40. The predicted octanol–water partition coefficient (Wildman–Crippen LogP) is 1.86. The largest absolute Gasteiger partial charge is 0.445 e. The number of hydrogen-bond acceptors (Lipinski definition) is 4. The Hall–Kier alpha value is -2.08. The molecule has 0 aliphatic carbocycles. The van der Waals surface area contributed by atoms with E-state index in [1.807, 2.05) is 56.3 Å². The van der Waals surface area contributed by atoms with E-state index in [9.17, 15) is 9.59 Å². The summed E-state index contributed by atoms with van der Waals surface area (Å²) >= 11 is 0. The van der Waals surface area contributed by atoms with Crippen LogP contribution in [0, 0.1) is 0 Å². The number of nitrogens with one attached hydrogen (secondary N) is 1. The number of amides is 2. The molecule has 132 valence electrons. The fraction of sp³-hybridized carbons (Fsp3) is 0.556. The van der Waals surface area contributed by atoms with E-state index in [1.165, 1.54) is 0 Å². The Morgan fingerprint density at radius 3 is 2.67 bits per heavy atom. The van der Waals surface area contributed by atoms with Crippen molar-refractivity contribution in [2.24, 2.45) is 0 Å². The van der Waals surface area contributed by atoms with Crippen molar-refractivity contribution in [3.63, 3.8) is 0 Å². The summed E-state index contributed by atoms with van der Waals surface area (Å²) in [7, 11) is 3.91. The number of carbonyl (C=O) groups excluding carboxylic acids is 2. The number of ether oxygens (including phenoxy) is 1. The van der Waals surface area contributed by atoms with Crippen LogP contribution >= 0.6 is 0 Å². The highest BCUT2D eigenvalue weighted by atomic mass is 16.6. The van der Waals surface area contributed by atoms with Crippen molar-refractivity contribution >= 4 is 12.0 Å². The summed E-state index contributed by atoms with van der Waals surface area (Å²) < 4.78 is 5.40. The van der Waals surface area contributed by atoms with Gasteiger partial charge in [0.05, 0.1) is 0 Å². The van der Waals surface area contributed by atoms with Crippen LogP contribution in [0.25, 0.3) is 0 Å². The molecule has 24 heavy (non-hydrogen) atoms. The topological polar surface area (TPSA) is 61.9 Å². The zero-order valence-electron chi connectivity index (χ0n) is 14.7. The molecule has 1 aliphatic heterocycles. The van der Waals surface area contributed by atoms with Gasteiger partial charge in [-0.1, -0.05) is 30.3 Å². The summed E-state index contributed by atoms with van der Waals surface area (Å²) in [5.74, 6) is -0.112. The molecule has 0 bridgehead atoms. The number of carbonyl (C=O) groups is 2. The first-order valence-electron chi connectivity index (χ1n) is 8.35. The first-order valence-corrected chi connectivity index (χ1v) is 8.35.